The molecular weight excluding hydrogens is 296 g/mol. The minimum absolute atomic E-state index is 0.468. The maximum Gasteiger partial charge on any atom is 0.330 e. The molecule has 0 aliphatic rings. The number of allylic oxidation sites excluding steroid dienone is 5. The van der Waals surface area contributed by atoms with E-state index in [1.165, 1.54) is 64.2 Å². The lowest BCUT2D eigenvalue weighted by Crippen LogP contribution is -1.95. The largest absolute Gasteiger partial charge is 0.478 e. The number of aliphatic carboxylic acids is 1. The Morgan fingerprint density at radius 2 is 1.25 bits per heavy atom. The van der Waals surface area contributed by atoms with Gasteiger partial charge in [0.1, 0.15) is 0 Å². The lowest BCUT2D eigenvalue weighted by Gasteiger charge is -1.99. The van der Waals surface area contributed by atoms with Crippen LogP contribution in [0.2, 0.25) is 0 Å². The standard InChI is InChI=1S/C22H38O2/c1-3-4-5-6-7-8-9-10-11-12-13-14-15-16-17-18-19-20-21(2)22(23)24/h8-9,11-12,20H,3-7,10,13-19H2,1-2H3,(H,23,24)/b9-8+,12-11+,21-20+. The molecule has 0 saturated carbocycles. The molecule has 0 saturated heterocycles. The van der Waals surface area contributed by atoms with E-state index in [-0.39, 0.29) is 0 Å². The van der Waals surface area contributed by atoms with Crippen molar-refractivity contribution in [2.45, 2.75) is 97.3 Å². The van der Waals surface area contributed by atoms with Crippen LogP contribution in [0.3, 0.4) is 0 Å². The highest BCUT2D eigenvalue weighted by atomic mass is 16.4. The van der Waals surface area contributed by atoms with Crippen molar-refractivity contribution in [1.82, 2.24) is 0 Å². The minimum Gasteiger partial charge on any atom is -0.478 e. The van der Waals surface area contributed by atoms with Crippen molar-refractivity contribution >= 4 is 5.97 Å². The molecule has 0 atom stereocenters. The van der Waals surface area contributed by atoms with Crippen LogP contribution in [0, 0.1) is 0 Å². The molecule has 0 aromatic carbocycles. The van der Waals surface area contributed by atoms with Gasteiger partial charge in [-0.05, 0) is 51.9 Å². The highest BCUT2D eigenvalue weighted by Gasteiger charge is 1.97. The molecule has 0 rings (SSSR count). The van der Waals surface area contributed by atoms with Gasteiger partial charge >= 0.3 is 5.97 Å². The highest BCUT2D eigenvalue weighted by molar-refractivity contribution is 5.85. The van der Waals surface area contributed by atoms with Gasteiger partial charge in [-0.2, -0.15) is 0 Å². The zero-order valence-corrected chi connectivity index (χ0v) is 15.9. The summed E-state index contributed by atoms with van der Waals surface area (Å²) in [5.74, 6) is -0.798. The molecule has 0 fully saturated rings. The Labute approximate surface area is 149 Å². The average Bonchev–Trinajstić information content (AvgIpc) is 2.57. The van der Waals surface area contributed by atoms with Gasteiger partial charge in [0.2, 0.25) is 0 Å². The molecule has 0 spiro atoms. The van der Waals surface area contributed by atoms with Crippen LogP contribution in [0.1, 0.15) is 97.3 Å². The summed E-state index contributed by atoms with van der Waals surface area (Å²) in [5, 5.41) is 8.74. The Morgan fingerprint density at radius 3 is 1.79 bits per heavy atom. The van der Waals surface area contributed by atoms with Gasteiger partial charge in [-0.3, -0.25) is 0 Å². The number of carboxylic acid groups (broad SMARTS) is 1. The maximum atomic E-state index is 10.6. The summed E-state index contributed by atoms with van der Waals surface area (Å²) in [6.45, 7) is 3.91. The maximum absolute atomic E-state index is 10.6. The molecule has 0 bridgehead atoms. The molecule has 0 radical (unpaired) electrons. The van der Waals surface area contributed by atoms with Crippen molar-refractivity contribution < 1.29 is 9.90 Å². The van der Waals surface area contributed by atoms with Crippen molar-refractivity contribution in [1.29, 1.82) is 0 Å². The SMILES string of the molecule is CCCCCC/C=C/C/C=C/CCCCCCC/C=C(\C)C(=O)O. The number of unbranched alkanes of at least 4 members (excludes halogenated alkanes) is 10. The topological polar surface area (TPSA) is 37.3 Å². The Morgan fingerprint density at radius 1 is 0.750 bits per heavy atom. The Balaban J connectivity index is 3.31. The average molecular weight is 335 g/mol. The van der Waals surface area contributed by atoms with Crippen LogP contribution < -0.4 is 0 Å². The van der Waals surface area contributed by atoms with E-state index in [9.17, 15) is 4.79 Å². The van der Waals surface area contributed by atoms with Gasteiger partial charge in [0.25, 0.3) is 0 Å². The summed E-state index contributed by atoms with van der Waals surface area (Å²) in [6.07, 6.45) is 26.9. The number of carbonyl (C=O) groups is 1. The number of hydrogen-bond acceptors (Lipinski definition) is 1. The predicted octanol–water partition coefficient (Wildman–Crippen LogP) is 7.22. The molecular formula is C22H38O2. The third kappa shape index (κ3) is 17.1. The summed E-state index contributed by atoms with van der Waals surface area (Å²) in [6, 6.07) is 0. The van der Waals surface area contributed by atoms with Crippen LogP contribution >= 0.6 is 0 Å². The third-order valence-electron chi connectivity index (χ3n) is 4.19. The van der Waals surface area contributed by atoms with E-state index in [4.69, 9.17) is 5.11 Å². The predicted molar refractivity (Wildman–Crippen MR) is 105 cm³/mol. The molecule has 0 heterocycles. The summed E-state index contributed by atoms with van der Waals surface area (Å²) >= 11 is 0. The van der Waals surface area contributed by atoms with Crippen LogP contribution in [0.25, 0.3) is 0 Å². The van der Waals surface area contributed by atoms with E-state index in [0.717, 1.165) is 19.3 Å². The van der Waals surface area contributed by atoms with Crippen molar-refractivity contribution in [3.63, 3.8) is 0 Å². The molecule has 0 unspecified atom stereocenters. The number of rotatable bonds is 16. The second kappa shape index (κ2) is 18.0. The molecule has 24 heavy (non-hydrogen) atoms. The molecule has 0 aromatic rings. The van der Waals surface area contributed by atoms with Crippen molar-refractivity contribution in [3.05, 3.63) is 36.0 Å². The first-order valence-corrected chi connectivity index (χ1v) is 9.88. The second-order valence-electron chi connectivity index (χ2n) is 6.57. The van der Waals surface area contributed by atoms with Gasteiger partial charge in [-0.1, -0.05) is 75.8 Å². The monoisotopic (exact) mass is 334 g/mol. The van der Waals surface area contributed by atoms with Crippen LogP contribution in [0.5, 0.6) is 0 Å². The minimum atomic E-state index is -0.798. The molecule has 0 amide bonds. The van der Waals surface area contributed by atoms with E-state index in [2.05, 4.69) is 31.2 Å². The van der Waals surface area contributed by atoms with Gasteiger partial charge in [0, 0.05) is 5.57 Å². The van der Waals surface area contributed by atoms with Crippen LogP contribution in [0.15, 0.2) is 36.0 Å². The summed E-state index contributed by atoms with van der Waals surface area (Å²) < 4.78 is 0. The molecule has 0 aliphatic heterocycles. The summed E-state index contributed by atoms with van der Waals surface area (Å²) in [7, 11) is 0. The molecule has 1 N–H and O–H groups in total. The first kappa shape index (κ1) is 22.7. The van der Waals surface area contributed by atoms with E-state index in [1.807, 2.05) is 6.08 Å². The fraction of sp³-hybridized carbons (Fsp3) is 0.682. The molecule has 138 valence electrons. The van der Waals surface area contributed by atoms with Gasteiger partial charge in [0.05, 0.1) is 0 Å². The van der Waals surface area contributed by atoms with Gasteiger partial charge in [0.15, 0.2) is 0 Å². The molecule has 0 aliphatic carbocycles. The van der Waals surface area contributed by atoms with E-state index < -0.39 is 5.97 Å². The first-order valence-electron chi connectivity index (χ1n) is 9.88. The van der Waals surface area contributed by atoms with Crippen molar-refractivity contribution in [3.8, 4) is 0 Å². The van der Waals surface area contributed by atoms with Gasteiger partial charge < -0.3 is 5.11 Å². The lowest BCUT2D eigenvalue weighted by molar-refractivity contribution is -0.132. The first-order chi connectivity index (χ1) is 11.7. The normalized spacial score (nSPS) is 12.5. The quantitative estimate of drug-likeness (QED) is 0.184. The van der Waals surface area contributed by atoms with E-state index in [0.29, 0.717) is 5.57 Å². The molecule has 0 aromatic heterocycles. The van der Waals surface area contributed by atoms with Crippen LogP contribution in [-0.2, 0) is 4.79 Å². The Hall–Kier alpha value is -1.31. The zero-order chi connectivity index (χ0) is 17.9. The third-order valence-corrected chi connectivity index (χ3v) is 4.19. The highest BCUT2D eigenvalue weighted by Crippen LogP contribution is 2.09. The Bertz CT molecular complexity index is 377. The molecule has 2 heteroatoms. The van der Waals surface area contributed by atoms with E-state index in [1.54, 1.807) is 6.92 Å². The van der Waals surface area contributed by atoms with Crippen LogP contribution in [-0.4, -0.2) is 11.1 Å². The Kier molecular flexibility index (Phi) is 17.1. The molecule has 2 nitrogen and oxygen atoms in total. The van der Waals surface area contributed by atoms with Crippen molar-refractivity contribution in [2.24, 2.45) is 0 Å². The van der Waals surface area contributed by atoms with Gasteiger partial charge in [-0.25, -0.2) is 4.79 Å². The summed E-state index contributed by atoms with van der Waals surface area (Å²) in [4.78, 5) is 10.6. The summed E-state index contributed by atoms with van der Waals surface area (Å²) in [5.41, 5.74) is 0.468. The lowest BCUT2D eigenvalue weighted by atomic mass is 10.1. The number of hydrogen-bond donors (Lipinski definition) is 1. The smallest absolute Gasteiger partial charge is 0.330 e. The fourth-order valence-corrected chi connectivity index (χ4v) is 2.54. The van der Waals surface area contributed by atoms with Crippen LogP contribution in [0.4, 0.5) is 0 Å². The van der Waals surface area contributed by atoms with Gasteiger partial charge in [-0.15, -0.1) is 0 Å². The van der Waals surface area contributed by atoms with Crippen molar-refractivity contribution in [2.75, 3.05) is 0 Å². The van der Waals surface area contributed by atoms with E-state index >= 15 is 0 Å². The fourth-order valence-electron chi connectivity index (χ4n) is 2.54. The second-order valence-corrected chi connectivity index (χ2v) is 6.57. The zero-order valence-electron chi connectivity index (χ0n) is 15.9. The number of carboxylic acids is 1.